The third-order valence-corrected chi connectivity index (χ3v) is 5.72. The van der Waals surface area contributed by atoms with Gasteiger partial charge >= 0.3 is 6.03 Å². The number of carbonyl (C=O) groups is 1. The number of urea groups is 1. The zero-order valence-electron chi connectivity index (χ0n) is 17.7. The monoisotopic (exact) mass is 434 g/mol. The van der Waals surface area contributed by atoms with Crippen LogP contribution in [0.5, 0.6) is 5.75 Å². The summed E-state index contributed by atoms with van der Waals surface area (Å²) >= 11 is 1.68. The Kier molecular flexibility index (Phi) is 8.05. The van der Waals surface area contributed by atoms with Crippen molar-refractivity contribution in [2.24, 2.45) is 0 Å². The molecule has 0 saturated carbocycles. The highest BCUT2D eigenvalue weighted by atomic mass is 32.1. The summed E-state index contributed by atoms with van der Waals surface area (Å²) in [6, 6.07) is 21.2. The van der Waals surface area contributed by atoms with Gasteiger partial charge < -0.3 is 20.3 Å². The number of carbonyl (C=O) groups excluding carboxylic acids is 1. The largest absolute Gasteiger partial charge is 0.489 e. The van der Waals surface area contributed by atoms with Crippen molar-refractivity contribution >= 4 is 23.1 Å². The number of amides is 2. The maximum atomic E-state index is 12.4. The highest BCUT2D eigenvalue weighted by Crippen LogP contribution is 2.22. The van der Waals surface area contributed by atoms with E-state index in [1.165, 1.54) is 4.88 Å². The average molecular weight is 435 g/mol. The Morgan fingerprint density at radius 2 is 1.94 bits per heavy atom. The fourth-order valence-corrected chi connectivity index (χ4v) is 4.01. The molecule has 2 N–H and O–H groups in total. The Bertz CT molecular complexity index is 1010. The molecule has 160 valence electrons. The van der Waals surface area contributed by atoms with Crippen LogP contribution in [0.3, 0.4) is 0 Å². The Morgan fingerprint density at radius 1 is 1.13 bits per heavy atom. The number of thiophene rings is 1. The molecular formula is C24H26N4O2S. The normalized spacial score (nSPS) is 11.5. The Balaban J connectivity index is 1.51. The summed E-state index contributed by atoms with van der Waals surface area (Å²) in [5.41, 5.74) is 2.62. The van der Waals surface area contributed by atoms with Crippen LogP contribution in [0.1, 0.15) is 22.0 Å². The van der Waals surface area contributed by atoms with E-state index in [2.05, 4.69) is 27.7 Å². The Morgan fingerprint density at radius 3 is 2.61 bits per heavy atom. The van der Waals surface area contributed by atoms with Crippen molar-refractivity contribution in [3.8, 4) is 11.8 Å². The molecule has 0 fully saturated rings. The minimum absolute atomic E-state index is 0.130. The molecule has 0 bridgehead atoms. The van der Waals surface area contributed by atoms with Crippen molar-refractivity contribution in [2.45, 2.75) is 19.1 Å². The molecule has 0 saturated heterocycles. The van der Waals surface area contributed by atoms with E-state index in [1.807, 2.05) is 74.1 Å². The van der Waals surface area contributed by atoms with Crippen molar-refractivity contribution in [1.29, 1.82) is 5.26 Å². The standard InChI is InChI=1S/C24H26N4O2S/c1-28(2)22(23-7-4-14-31-23)16-26-24(29)27-20-6-3-5-19(15-20)17-30-21-10-8-18(9-11-21)12-13-25/h3-11,14-15,22H,12,16-17H2,1-2H3,(H2,26,27,29). The molecule has 1 heterocycles. The van der Waals surface area contributed by atoms with Gasteiger partial charge in [-0.05, 0) is 60.9 Å². The van der Waals surface area contributed by atoms with Crippen LogP contribution >= 0.6 is 11.3 Å². The maximum absolute atomic E-state index is 12.4. The number of nitriles is 1. The summed E-state index contributed by atoms with van der Waals surface area (Å²) in [5, 5.41) is 16.6. The minimum atomic E-state index is -0.241. The summed E-state index contributed by atoms with van der Waals surface area (Å²) in [4.78, 5) is 15.7. The van der Waals surface area contributed by atoms with Gasteiger partial charge in [0.1, 0.15) is 12.4 Å². The lowest BCUT2D eigenvalue weighted by molar-refractivity contribution is 0.244. The number of nitrogens with one attached hydrogen (secondary N) is 2. The quantitative estimate of drug-likeness (QED) is 0.506. The maximum Gasteiger partial charge on any atom is 0.319 e. The van der Waals surface area contributed by atoms with Gasteiger partial charge in [-0.2, -0.15) is 5.26 Å². The SMILES string of the molecule is CN(C)C(CNC(=O)Nc1cccc(COc2ccc(CC#N)cc2)c1)c1cccs1. The lowest BCUT2D eigenvalue weighted by Crippen LogP contribution is -2.36. The predicted molar refractivity (Wildman–Crippen MR) is 124 cm³/mol. The molecule has 1 aromatic heterocycles. The fourth-order valence-electron chi connectivity index (χ4n) is 3.08. The Labute approximate surface area is 187 Å². The van der Waals surface area contributed by atoms with E-state index in [4.69, 9.17) is 10.00 Å². The van der Waals surface area contributed by atoms with Crippen LogP contribution in [-0.2, 0) is 13.0 Å². The topological polar surface area (TPSA) is 77.4 Å². The van der Waals surface area contributed by atoms with Crippen LogP contribution in [0, 0.1) is 11.3 Å². The van der Waals surface area contributed by atoms with Crippen LogP contribution in [-0.4, -0.2) is 31.6 Å². The van der Waals surface area contributed by atoms with Crippen molar-refractivity contribution in [2.75, 3.05) is 26.0 Å². The number of likely N-dealkylation sites (N-methyl/N-ethyl adjacent to an activating group) is 1. The van der Waals surface area contributed by atoms with E-state index in [0.29, 0.717) is 25.3 Å². The lowest BCUT2D eigenvalue weighted by Gasteiger charge is -2.23. The number of hydrogen-bond acceptors (Lipinski definition) is 5. The zero-order valence-corrected chi connectivity index (χ0v) is 18.5. The third kappa shape index (κ3) is 6.85. The van der Waals surface area contributed by atoms with E-state index in [-0.39, 0.29) is 12.1 Å². The number of ether oxygens (including phenoxy) is 1. The van der Waals surface area contributed by atoms with E-state index in [9.17, 15) is 4.79 Å². The van der Waals surface area contributed by atoms with E-state index >= 15 is 0 Å². The van der Waals surface area contributed by atoms with E-state index in [1.54, 1.807) is 11.3 Å². The number of hydrogen-bond donors (Lipinski definition) is 2. The molecule has 3 aromatic rings. The second kappa shape index (κ2) is 11.2. The van der Waals surface area contributed by atoms with Gasteiger partial charge in [-0.25, -0.2) is 4.79 Å². The van der Waals surface area contributed by atoms with E-state index in [0.717, 1.165) is 16.9 Å². The van der Waals surface area contributed by atoms with Gasteiger partial charge in [0, 0.05) is 17.1 Å². The fraction of sp³-hybridized carbons (Fsp3) is 0.250. The molecule has 1 unspecified atom stereocenters. The van der Waals surface area contributed by atoms with Crippen molar-refractivity contribution < 1.29 is 9.53 Å². The Hall–Kier alpha value is -3.34. The molecule has 3 rings (SSSR count). The van der Waals surface area contributed by atoms with E-state index < -0.39 is 0 Å². The highest BCUT2D eigenvalue weighted by Gasteiger charge is 2.16. The molecule has 0 aliphatic heterocycles. The number of nitrogens with zero attached hydrogens (tertiary/aromatic N) is 2. The molecule has 6 nitrogen and oxygen atoms in total. The number of rotatable bonds is 9. The predicted octanol–water partition coefficient (Wildman–Crippen LogP) is 4.82. The van der Waals surface area contributed by atoms with Crippen molar-refractivity contribution in [3.63, 3.8) is 0 Å². The third-order valence-electron chi connectivity index (χ3n) is 4.75. The first-order valence-electron chi connectivity index (χ1n) is 9.97. The molecule has 0 radical (unpaired) electrons. The lowest BCUT2D eigenvalue weighted by atomic mass is 10.1. The molecule has 7 heteroatoms. The summed E-state index contributed by atoms with van der Waals surface area (Å²) in [6.45, 7) is 0.903. The highest BCUT2D eigenvalue weighted by molar-refractivity contribution is 7.10. The molecular weight excluding hydrogens is 408 g/mol. The second-order valence-electron chi connectivity index (χ2n) is 7.30. The molecule has 0 aliphatic carbocycles. The number of benzene rings is 2. The van der Waals surface area contributed by atoms with Gasteiger partial charge in [0.2, 0.25) is 0 Å². The summed E-state index contributed by atoms with van der Waals surface area (Å²) < 4.78 is 5.82. The van der Waals surface area contributed by atoms with Crippen LogP contribution in [0.25, 0.3) is 0 Å². The van der Waals surface area contributed by atoms with Gasteiger partial charge in [-0.1, -0.05) is 30.3 Å². The van der Waals surface area contributed by atoms with Crippen LogP contribution in [0.4, 0.5) is 10.5 Å². The van der Waals surface area contributed by atoms with Gasteiger partial charge in [0.05, 0.1) is 18.5 Å². The molecule has 0 spiro atoms. The first-order valence-corrected chi connectivity index (χ1v) is 10.9. The first kappa shape index (κ1) is 22.3. The first-order chi connectivity index (χ1) is 15.0. The minimum Gasteiger partial charge on any atom is -0.489 e. The average Bonchev–Trinajstić information content (AvgIpc) is 3.28. The molecule has 1 atom stereocenters. The number of anilines is 1. The van der Waals surface area contributed by atoms with Crippen LogP contribution < -0.4 is 15.4 Å². The summed E-state index contributed by atoms with van der Waals surface area (Å²) in [7, 11) is 4.01. The van der Waals surface area contributed by atoms with Gasteiger partial charge in [0.25, 0.3) is 0 Å². The van der Waals surface area contributed by atoms with Crippen molar-refractivity contribution in [1.82, 2.24) is 10.2 Å². The van der Waals surface area contributed by atoms with Gasteiger partial charge in [-0.3, -0.25) is 0 Å². The molecule has 2 aromatic carbocycles. The summed E-state index contributed by atoms with van der Waals surface area (Å²) in [5.74, 6) is 0.737. The molecule has 31 heavy (non-hydrogen) atoms. The summed E-state index contributed by atoms with van der Waals surface area (Å²) in [6.07, 6.45) is 0.388. The second-order valence-corrected chi connectivity index (χ2v) is 8.28. The molecule has 2 amide bonds. The van der Waals surface area contributed by atoms with Crippen LogP contribution in [0.15, 0.2) is 66.0 Å². The van der Waals surface area contributed by atoms with Crippen molar-refractivity contribution in [3.05, 3.63) is 82.0 Å². The smallest absolute Gasteiger partial charge is 0.319 e. The molecule has 0 aliphatic rings. The zero-order chi connectivity index (χ0) is 22.1. The van der Waals surface area contributed by atoms with Gasteiger partial charge in [-0.15, -0.1) is 11.3 Å². The van der Waals surface area contributed by atoms with Gasteiger partial charge in [0.15, 0.2) is 0 Å². The van der Waals surface area contributed by atoms with Crippen LogP contribution in [0.2, 0.25) is 0 Å².